The van der Waals surface area contributed by atoms with Gasteiger partial charge in [-0.05, 0) is 48.9 Å². The third-order valence-corrected chi connectivity index (χ3v) is 3.31. The van der Waals surface area contributed by atoms with Crippen molar-refractivity contribution < 1.29 is 24.2 Å². The molecule has 132 valence electrons. The van der Waals surface area contributed by atoms with Crippen LogP contribution in [0, 0.1) is 0 Å². The molecule has 0 bridgehead atoms. The third-order valence-electron chi connectivity index (χ3n) is 3.31. The number of methoxy groups -OCH3 is 1. The standard InChI is InChI=1S/C18H20N2O5/c1-12(25-16-9-7-15(21)8-10-16)20-18(23)19-11-13-3-5-14(6-4-13)17(22)24-2/h3-10,12,21H,11H2,1-2H3,(H2,19,20,23). The summed E-state index contributed by atoms with van der Waals surface area (Å²) in [6.45, 7) is 2.00. The molecule has 1 atom stereocenters. The van der Waals surface area contributed by atoms with Crippen molar-refractivity contribution in [1.29, 1.82) is 0 Å². The van der Waals surface area contributed by atoms with E-state index in [9.17, 15) is 14.7 Å². The Morgan fingerprint density at radius 3 is 2.32 bits per heavy atom. The van der Waals surface area contributed by atoms with Crippen LogP contribution < -0.4 is 15.4 Å². The molecule has 0 aliphatic carbocycles. The number of rotatable bonds is 6. The Hall–Kier alpha value is -3.22. The van der Waals surface area contributed by atoms with E-state index in [1.165, 1.54) is 19.2 Å². The Morgan fingerprint density at radius 2 is 1.72 bits per heavy atom. The molecule has 2 aromatic rings. The molecule has 1 unspecified atom stereocenters. The lowest BCUT2D eigenvalue weighted by atomic mass is 10.1. The van der Waals surface area contributed by atoms with Crippen LogP contribution in [0.3, 0.4) is 0 Å². The minimum atomic E-state index is -0.550. The molecule has 2 amide bonds. The van der Waals surface area contributed by atoms with Crippen LogP contribution in [0.25, 0.3) is 0 Å². The zero-order valence-electron chi connectivity index (χ0n) is 14.0. The monoisotopic (exact) mass is 344 g/mol. The molecule has 0 aliphatic heterocycles. The van der Waals surface area contributed by atoms with Crippen molar-refractivity contribution in [3.63, 3.8) is 0 Å². The number of esters is 1. The Kier molecular flexibility index (Phi) is 6.22. The van der Waals surface area contributed by atoms with Gasteiger partial charge in [0.15, 0.2) is 6.23 Å². The lowest BCUT2D eigenvalue weighted by Crippen LogP contribution is -2.43. The molecular weight excluding hydrogens is 324 g/mol. The van der Waals surface area contributed by atoms with Crippen LogP contribution in [0.15, 0.2) is 48.5 Å². The molecule has 7 nitrogen and oxygen atoms in total. The van der Waals surface area contributed by atoms with Crippen LogP contribution in [-0.2, 0) is 11.3 Å². The van der Waals surface area contributed by atoms with E-state index >= 15 is 0 Å². The lowest BCUT2D eigenvalue weighted by molar-refractivity contribution is 0.0600. The minimum absolute atomic E-state index is 0.143. The van der Waals surface area contributed by atoms with Gasteiger partial charge in [-0.15, -0.1) is 0 Å². The normalized spacial score (nSPS) is 11.3. The number of phenols is 1. The number of hydrogen-bond acceptors (Lipinski definition) is 5. The van der Waals surface area contributed by atoms with Gasteiger partial charge in [0, 0.05) is 6.54 Å². The maximum Gasteiger partial charge on any atom is 0.337 e. The largest absolute Gasteiger partial charge is 0.508 e. The first kappa shape index (κ1) is 18.1. The Labute approximate surface area is 145 Å². The first-order chi connectivity index (χ1) is 12.0. The summed E-state index contributed by atoms with van der Waals surface area (Å²) in [4.78, 5) is 23.2. The SMILES string of the molecule is COC(=O)c1ccc(CNC(=O)NC(C)Oc2ccc(O)cc2)cc1. The highest BCUT2D eigenvalue weighted by atomic mass is 16.5. The second-order valence-electron chi connectivity index (χ2n) is 5.27. The van der Waals surface area contributed by atoms with Gasteiger partial charge < -0.3 is 25.2 Å². The second-order valence-corrected chi connectivity index (χ2v) is 5.27. The molecule has 0 heterocycles. The number of urea groups is 1. The number of carbonyl (C=O) groups is 2. The van der Waals surface area contributed by atoms with Crippen molar-refractivity contribution in [2.45, 2.75) is 19.7 Å². The summed E-state index contributed by atoms with van der Waals surface area (Å²) in [5.41, 5.74) is 1.29. The van der Waals surface area contributed by atoms with Gasteiger partial charge in [-0.2, -0.15) is 0 Å². The number of hydrogen-bond donors (Lipinski definition) is 3. The molecule has 7 heteroatoms. The number of phenolic OH excluding ortho intramolecular Hbond substituents is 1. The van der Waals surface area contributed by atoms with E-state index in [1.807, 2.05) is 0 Å². The summed E-state index contributed by atoms with van der Waals surface area (Å²) in [6.07, 6.45) is -0.550. The Morgan fingerprint density at radius 1 is 1.08 bits per heavy atom. The summed E-state index contributed by atoms with van der Waals surface area (Å²) in [5, 5.41) is 14.6. The number of amides is 2. The summed E-state index contributed by atoms with van der Waals surface area (Å²) in [6, 6.07) is 12.6. The fourth-order valence-corrected chi connectivity index (χ4v) is 2.05. The molecule has 25 heavy (non-hydrogen) atoms. The molecule has 2 rings (SSSR count). The highest BCUT2D eigenvalue weighted by Crippen LogP contribution is 2.16. The predicted molar refractivity (Wildman–Crippen MR) is 91.3 cm³/mol. The highest BCUT2D eigenvalue weighted by Gasteiger charge is 2.09. The average molecular weight is 344 g/mol. The number of aromatic hydroxyl groups is 1. The summed E-state index contributed by atoms with van der Waals surface area (Å²) >= 11 is 0. The van der Waals surface area contributed by atoms with Gasteiger partial charge in [-0.25, -0.2) is 9.59 Å². The van der Waals surface area contributed by atoms with Crippen molar-refractivity contribution in [3.8, 4) is 11.5 Å². The lowest BCUT2D eigenvalue weighted by Gasteiger charge is -2.16. The van der Waals surface area contributed by atoms with Crippen LogP contribution in [0.4, 0.5) is 4.79 Å². The summed E-state index contributed by atoms with van der Waals surface area (Å²) < 4.78 is 10.1. The topological polar surface area (TPSA) is 96.9 Å². The maximum atomic E-state index is 11.9. The van der Waals surface area contributed by atoms with Gasteiger partial charge in [-0.3, -0.25) is 0 Å². The first-order valence-electron chi connectivity index (χ1n) is 7.65. The van der Waals surface area contributed by atoms with Gasteiger partial charge in [0.2, 0.25) is 0 Å². The zero-order valence-corrected chi connectivity index (χ0v) is 14.0. The fraction of sp³-hybridized carbons (Fsp3) is 0.222. The molecule has 3 N–H and O–H groups in total. The van der Waals surface area contributed by atoms with E-state index in [4.69, 9.17) is 4.74 Å². The van der Waals surface area contributed by atoms with Crippen LogP contribution in [0.5, 0.6) is 11.5 Å². The van der Waals surface area contributed by atoms with Crippen molar-refractivity contribution in [2.24, 2.45) is 0 Å². The first-order valence-corrected chi connectivity index (χ1v) is 7.65. The van der Waals surface area contributed by atoms with Gasteiger partial charge >= 0.3 is 12.0 Å². The Balaban J connectivity index is 1.77. The number of benzene rings is 2. The average Bonchev–Trinajstić information content (AvgIpc) is 2.61. The molecule has 2 aromatic carbocycles. The maximum absolute atomic E-state index is 11.9. The van der Waals surface area contributed by atoms with Crippen molar-refractivity contribution in [1.82, 2.24) is 10.6 Å². The van der Waals surface area contributed by atoms with Crippen LogP contribution in [0.1, 0.15) is 22.8 Å². The fourth-order valence-electron chi connectivity index (χ4n) is 2.05. The van der Waals surface area contributed by atoms with Crippen molar-refractivity contribution in [2.75, 3.05) is 7.11 Å². The number of carbonyl (C=O) groups excluding carboxylic acids is 2. The van der Waals surface area contributed by atoms with E-state index in [-0.39, 0.29) is 11.8 Å². The van der Waals surface area contributed by atoms with Gasteiger partial charge in [-0.1, -0.05) is 12.1 Å². The number of ether oxygens (including phenoxy) is 2. The quantitative estimate of drug-likeness (QED) is 0.552. The van der Waals surface area contributed by atoms with Crippen molar-refractivity contribution >= 4 is 12.0 Å². The smallest absolute Gasteiger partial charge is 0.337 e. The molecule has 0 saturated carbocycles. The molecule has 0 spiro atoms. The Bertz CT molecular complexity index is 713. The third kappa shape index (κ3) is 5.72. The van der Waals surface area contributed by atoms with E-state index in [0.717, 1.165) is 5.56 Å². The van der Waals surface area contributed by atoms with Gasteiger partial charge in [0.1, 0.15) is 11.5 Å². The molecule has 0 aliphatic rings. The highest BCUT2D eigenvalue weighted by molar-refractivity contribution is 5.89. The van der Waals surface area contributed by atoms with Gasteiger partial charge in [0.05, 0.1) is 12.7 Å². The van der Waals surface area contributed by atoms with Crippen molar-refractivity contribution in [3.05, 3.63) is 59.7 Å². The molecule has 0 aromatic heterocycles. The number of nitrogens with one attached hydrogen (secondary N) is 2. The van der Waals surface area contributed by atoms with E-state index in [2.05, 4.69) is 15.4 Å². The molecule has 0 radical (unpaired) electrons. The zero-order chi connectivity index (χ0) is 18.2. The van der Waals surface area contributed by atoms with E-state index in [1.54, 1.807) is 43.3 Å². The van der Waals surface area contributed by atoms with E-state index in [0.29, 0.717) is 17.9 Å². The van der Waals surface area contributed by atoms with Crippen LogP contribution in [-0.4, -0.2) is 30.4 Å². The summed E-state index contributed by atoms with van der Waals surface area (Å²) in [7, 11) is 1.32. The molecular formula is C18H20N2O5. The molecule has 0 fully saturated rings. The van der Waals surface area contributed by atoms with E-state index < -0.39 is 12.2 Å². The van der Waals surface area contributed by atoms with Crippen LogP contribution in [0.2, 0.25) is 0 Å². The summed E-state index contributed by atoms with van der Waals surface area (Å²) in [5.74, 6) is 0.269. The molecule has 0 saturated heterocycles. The second kappa shape index (κ2) is 8.58. The minimum Gasteiger partial charge on any atom is -0.508 e. The van der Waals surface area contributed by atoms with Crippen LogP contribution >= 0.6 is 0 Å². The predicted octanol–water partition coefficient (Wildman–Crippen LogP) is 2.40. The van der Waals surface area contributed by atoms with Gasteiger partial charge in [0.25, 0.3) is 0 Å².